The van der Waals surface area contributed by atoms with Crippen molar-refractivity contribution in [2.24, 2.45) is 0 Å². The Balaban J connectivity index is 2.20. The van der Waals surface area contributed by atoms with Crippen LogP contribution in [0, 0.1) is 6.92 Å². The summed E-state index contributed by atoms with van der Waals surface area (Å²) in [5.74, 6) is 1.35. The van der Waals surface area contributed by atoms with Gasteiger partial charge in [-0.15, -0.1) is 0 Å². The van der Waals surface area contributed by atoms with Crippen molar-refractivity contribution < 1.29 is 17.9 Å². The number of anilines is 1. The van der Waals surface area contributed by atoms with E-state index < -0.39 is 10.0 Å². The van der Waals surface area contributed by atoms with E-state index in [2.05, 4.69) is 4.72 Å². The molecule has 0 aliphatic carbocycles. The first-order valence-corrected chi connectivity index (χ1v) is 8.74. The fourth-order valence-electron chi connectivity index (χ4n) is 2.13. The van der Waals surface area contributed by atoms with Crippen LogP contribution in [0.4, 0.5) is 5.69 Å². The average molecular weight is 335 g/mol. The molecule has 0 radical (unpaired) electrons. The zero-order valence-corrected chi connectivity index (χ0v) is 14.5. The molecular formula is C17H21NO4S. The van der Waals surface area contributed by atoms with Crippen LogP contribution in [-0.4, -0.2) is 21.6 Å². The molecule has 0 fully saturated rings. The van der Waals surface area contributed by atoms with Crippen molar-refractivity contribution >= 4 is 15.7 Å². The summed E-state index contributed by atoms with van der Waals surface area (Å²) in [6, 6.07) is 11.5. The molecular weight excluding hydrogens is 314 g/mol. The maximum absolute atomic E-state index is 12.4. The molecule has 0 amide bonds. The SMILES string of the molecule is COc1ccc(NS(=O)(=O)c2ccc(OC(C)C)cc2)cc1C. The van der Waals surface area contributed by atoms with Crippen LogP contribution in [0.1, 0.15) is 19.4 Å². The second kappa shape index (κ2) is 6.91. The molecule has 0 saturated heterocycles. The summed E-state index contributed by atoms with van der Waals surface area (Å²) >= 11 is 0. The Labute approximate surface area is 137 Å². The van der Waals surface area contributed by atoms with Gasteiger partial charge in [0.15, 0.2) is 0 Å². The number of methoxy groups -OCH3 is 1. The zero-order chi connectivity index (χ0) is 17.0. The summed E-state index contributed by atoms with van der Waals surface area (Å²) in [5, 5.41) is 0. The Morgan fingerprint density at radius 2 is 1.70 bits per heavy atom. The minimum Gasteiger partial charge on any atom is -0.496 e. The van der Waals surface area contributed by atoms with E-state index in [1.165, 1.54) is 12.1 Å². The lowest BCUT2D eigenvalue weighted by Crippen LogP contribution is -2.13. The molecule has 2 aromatic carbocycles. The van der Waals surface area contributed by atoms with Crippen molar-refractivity contribution in [3.63, 3.8) is 0 Å². The number of benzene rings is 2. The van der Waals surface area contributed by atoms with E-state index >= 15 is 0 Å². The van der Waals surface area contributed by atoms with Crippen molar-refractivity contribution in [2.75, 3.05) is 11.8 Å². The molecule has 2 aromatic rings. The Bertz CT molecular complexity index is 768. The highest BCUT2D eigenvalue weighted by Gasteiger charge is 2.15. The number of nitrogens with one attached hydrogen (secondary N) is 1. The molecule has 0 saturated carbocycles. The number of sulfonamides is 1. The van der Waals surface area contributed by atoms with E-state index in [1.54, 1.807) is 37.4 Å². The average Bonchev–Trinajstić information content (AvgIpc) is 2.47. The summed E-state index contributed by atoms with van der Waals surface area (Å²) in [6.45, 7) is 5.69. The Morgan fingerprint density at radius 3 is 2.22 bits per heavy atom. The van der Waals surface area contributed by atoms with Gasteiger partial charge in [-0.1, -0.05) is 0 Å². The molecule has 1 N–H and O–H groups in total. The van der Waals surface area contributed by atoms with Crippen molar-refractivity contribution in [3.05, 3.63) is 48.0 Å². The van der Waals surface area contributed by atoms with Gasteiger partial charge in [0, 0.05) is 5.69 Å². The highest BCUT2D eigenvalue weighted by Crippen LogP contribution is 2.24. The van der Waals surface area contributed by atoms with Crippen molar-refractivity contribution in [1.29, 1.82) is 0 Å². The number of hydrogen-bond acceptors (Lipinski definition) is 4. The molecule has 6 heteroatoms. The number of aryl methyl sites for hydroxylation is 1. The molecule has 0 atom stereocenters. The monoisotopic (exact) mass is 335 g/mol. The van der Waals surface area contributed by atoms with Crippen molar-refractivity contribution in [2.45, 2.75) is 31.8 Å². The highest BCUT2D eigenvalue weighted by molar-refractivity contribution is 7.92. The summed E-state index contributed by atoms with van der Waals surface area (Å²) in [7, 11) is -2.06. The molecule has 0 unspecified atom stereocenters. The van der Waals surface area contributed by atoms with Crippen LogP contribution in [-0.2, 0) is 10.0 Å². The van der Waals surface area contributed by atoms with Gasteiger partial charge in [-0.25, -0.2) is 8.42 Å². The van der Waals surface area contributed by atoms with Gasteiger partial charge in [-0.05, 0) is 68.8 Å². The Morgan fingerprint density at radius 1 is 1.04 bits per heavy atom. The van der Waals surface area contributed by atoms with Crippen LogP contribution in [0.5, 0.6) is 11.5 Å². The summed E-state index contributed by atoms with van der Waals surface area (Å²) < 4.78 is 38.1. The van der Waals surface area contributed by atoms with E-state index in [-0.39, 0.29) is 11.0 Å². The normalized spacial score (nSPS) is 11.3. The van der Waals surface area contributed by atoms with Gasteiger partial charge in [0.2, 0.25) is 0 Å². The van der Waals surface area contributed by atoms with Gasteiger partial charge < -0.3 is 9.47 Å². The van der Waals surface area contributed by atoms with Crippen LogP contribution < -0.4 is 14.2 Å². The van der Waals surface area contributed by atoms with E-state index in [0.29, 0.717) is 17.2 Å². The van der Waals surface area contributed by atoms with Gasteiger partial charge >= 0.3 is 0 Å². The van der Waals surface area contributed by atoms with E-state index in [9.17, 15) is 8.42 Å². The largest absolute Gasteiger partial charge is 0.496 e. The standard InChI is InChI=1S/C17H21NO4S/c1-12(2)22-15-6-8-16(9-7-15)23(19,20)18-14-5-10-17(21-4)13(3)11-14/h5-12,18H,1-4H3. The second-order valence-electron chi connectivity index (χ2n) is 5.43. The van der Waals surface area contributed by atoms with Gasteiger partial charge in [0.25, 0.3) is 10.0 Å². The molecule has 0 spiro atoms. The lowest BCUT2D eigenvalue weighted by atomic mass is 10.2. The second-order valence-corrected chi connectivity index (χ2v) is 7.11. The van der Waals surface area contributed by atoms with Gasteiger partial charge in [-0.3, -0.25) is 4.72 Å². The smallest absolute Gasteiger partial charge is 0.261 e. The van der Waals surface area contributed by atoms with E-state index in [4.69, 9.17) is 9.47 Å². The van der Waals surface area contributed by atoms with Crippen molar-refractivity contribution in [1.82, 2.24) is 0 Å². The molecule has 0 aliphatic rings. The minimum absolute atomic E-state index is 0.0397. The summed E-state index contributed by atoms with van der Waals surface area (Å²) in [6.07, 6.45) is 0.0397. The first-order chi connectivity index (χ1) is 10.8. The van der Waals surface area contributed by atoms with Gasteiger partial charge in [0.1, 0.15) is 11.5 Å². The third kappa shape index (κ3) is 4.39. The Hall–Kier alpha value is -2.21. The third-order valence-corrected chi connectivity index (χ3v) is 4.55. The number of rotatable bonds is 6. The molecule has 23 heavy (non-hydrogen) atoms. The van der Waals surface area contributed by atoms with Crippen LogP contribution in [0.2, 0.25) is 0 Å². The summed E-state index contributed by atoms with van der Waals surface area (Å²) in [5.41, 5.74) is 1.35. The molecule has 0 heterocycles. The molecule has 0 bridgehead atoms. The number of ether oxygens (including phenoxy) is 2. The lowest BCUT2D eigenvalue weighted by molar-refractivity contribution is 0.242. The fraction of sp³-hybridized carbons (Fsp3) is 0.294. The van der Waals surface area contributed by atoms with Crippen LogP contribution >= 0.6 is 0 Å². The van der Waals surface area contributed by atoms with Crippen LogP contribution in [0.25, 0.3) is 0 Å². The highest BCUT2D eigenvalue weighted by atomic mass is 32.2. The summed E-state index contributed by atoms with van der Waals surface area (Å²) in [4.78, 5) is 0.182. The fourth-order valence-corrected chi connectivity index (χ4v) is 3.18. The predicted octanol–water partition coefficient (Wildman–Crippen LogP) is 3.59. The van der Waals surface area contributed by atoms with E-state index in [1.807, 2.05) is 20.8 Å². The lowest BCUT2D eigenvalue weighted by Gasteiger charge is -2.12. The first kappa shape index (κ1) is 17.1. The van der Waals surface area contributed by atoms with Gasteiger partial charge in [0.05, 0.1) is 18.1 Å². The molecule has 0 aromatic heterocycles. The minimum atomic E-state index is -3.64. The Kier molecular flexibility index (Phi) is 5.15. The van der Waals surface area contributed by atoms with Crippen LogP contribution in [0.15, 0.2) is 47.4 Å². The molecule has 2 rings (SSSR count). The van der Waals surface area contributed by atoms with Crippen LogP contribution in [0.3, 0.4) is 0 Å². The molecule has 0 aliphatic heterocycles. The topological polar surface area (TPSA) is 64.6 Å². The predicted molar refractivity (Wildman–Crippen MR) is 90.7 cm³/mol. The third-order valence-electron chi connectivity index (χ3n) is 3.15. The maximum atomic E-state index is 12.4. The molecule has 5 nitrogen and oxygen atoms in total. The van der Waals surface area contributed by atoms with Crippen molar-refractivity contribution in [3.8, 4) is 11.5 Å². The van der Waals surface area contributed by atoms with Gasteiger partial charge in [-0.2, -0.15) is 0 Å². The first-order valence-electron chi connectivity index (χ1n) is 7.26. The quantitative estimate of drug-likeness (QED) is 0.876. The zero-order valence-electron chi connectivity index (χ0n) is 13.7. The van der Waals surface area contributed by atoms with E-state index in [0.717, 1.165) is 5.56 Å². The number of hydrogen-bond donors (Lipinski definition) is 1. The maximum Gasteiger partial charge on any atom is 0.261 e. The molecule has 124 valence electrons.